The van der Waals surface area contributed by atoms with Gasteiger partial charge in [-0.25, -0.2) is 4.39 Å². The fourth-order valence-corrected chi connectivity index (χ4v) is 2.71. The third-order valence-corrected chi connectivity index (χ3v) is 4.07. The van der Waals surface area contributed by atoms with E-state index >= 15 is 0 Å². The number of fused-ring (bicyclic) bond motifs is 1. The minimum absolute atomic E-state index is 0.0784. The Morgan fingerprint density at radius 2 is 2.00 bits per heavy atom. The monoisotopic (exact) mass is 366 g/mol. The standard InChI is InChI=1S/C20H15FN2O4/c1-12-2-7-16-14(10-25-17(16)8-12)9-19(24)26-11-18-22-20(23-27-18)13-3-5-15(21)6-4-13/h2-8,10H,9,11H2,1H3. The van der Waals surface area contributed by atoms with Crippen molar-refractivity contribution in [3.63, 3.8) is 0 Å². The van der Waals surface area contributed by atoms with Gasteiger partial charge in [-0.05, 0) is 42.8 Å². The molecular formula is C20H15FN2O4. The lowest BCUT2D eigenvalue weighted by Crippen LogP contribution is -2.07. The minimum Gasteiger partial charge on any atom is -0.464 e. The summed E-state index contributed by atoms with van der Waals surface area (Å²) in [4.78, 5) is 16.3. The highest BCUT2D eigenvalue weighted by molar-refractivity contribution is 5.86. The van der Waals surface area contributed by atoms with E-state index < -0.39 is 5.97 Å². The van der Waals surface area contributed by atoms with Crippen molar-refractivity contribution in [1.82, 2.24) is 10.1 Å². The van der Waals surface area contributed by atoms with Gasteiger partial charge in [-0.2, -0.15) is 4.98 Å². The number of benzene rings is 2. The van der Waals surface area contributed by atoms with Crippen LogP contribution in [-0.2, 0) is 22.6 Å². The van der Waals surface area contributed by atoms with Gasteiger partial charge in [-0.3, -0.25) is 4.79 Å². The van der Waals surface area contributed by atoms with Crippen molar-refractivity contribution in [3.8, 4) is 11.4 Å². The second-order valence-corrected chi connectivity index (χ2v) is 6.12. The van der Waals surface area contributed by atoms with Crippen molar-refractivity contribution >= 4 is 16.9 Å². The normalized spacial score (nSPS) is 11.0. The van der Waals surface area contributed by atoms with E-state index in [-0.39, 0.29) is 24.7 Å². The predicted molar refractivity (Wildman–Crippen MR) is 94.1 cm³/mol. The molecule has 2 aromatic heterocycles. The summed E-state index contributed by atoms with van der Waals surface area (Å²) in [5.74, 6) is -0.314. The summed E-state index contributed by atoms with van der Waals surface area (Å²) in [6, 6.07) is 11.5. The Bertz CT molecular complexity index is 1100. The lowest BCUT2D eigenvalue weighted by Gasteiger charge is -2.01. The molecule has 0 aliphatic rings. The molecule has 0 unspecified atom stereocenters. The molecule has 0 aliphatic carbocycles. The molecule has 6 nitrogen and oxygen atoms in total. The van der Waals surface area contributed by atoms with Crippen LogP contribution in [0.15, 0.2) is 57.7 Å². The largest absolute Gasteiger partial charge is 0.464 e. The highest BCUT2D eigenvalue weighted by Gasteiger charge is 2.14. The highest BCUT2D eigenvalue weighted by Crippen LogP contribution is 2.23. The van der Waals surface area contributed by atoms with Gasteiger partial charge in [0.25, 0.3) is 5.89 Å². The van der Waals surface area contributed by atoms with Crippen molar-refractivity contribution in [1.29, 1.82) is 0 Å². The average molecular weight is 366 g/mol. The van der Waals surface area contributed by atoms with E-state index in [4.69, 9.17) is 13.7 Å². The third kappa shape index (κ3) is 3.72. The number of aromatic nitrogens is 2. The molecule has 0 saturated heterocycles. The van der Waals surface area contributed by atoms with Gasteiger partial charge >= 0.3 is 5.97 Å². The summed E-state index contributed by atoms with van der Waals surface area (Å²) in [5.41, 5.74) is 3.18. The van der Waals surface area contributed by atoms with Gasteiger partial charge in [-0.1, -0.05) is 17.3 Å². The predicted octanol–water partition coefficient (Wildman–Crippen LogP) is 4.22. The second-order valence-electron chi connectivity index (χ2n) is 6.12. The van der Waals surface area contributed by atoms with Crippen LogP contribution in [0.4, 0.5) is 4.39 Å². The molecule has 27 heavy (non-hydrogen) atoms. The molecule has 4 rings (SSSR count). The summed E-state index contributed by atoms with van der Waals surface area (Å²) in [7, 11) is 0. The number of esters is 1. The van der Waals surface area contributed by atoms with Crippen molar-refractivity contribution in [3.05, 3.63) is 71.6 Å². The van der Waals surface area contributed by atoms with Crippen LogP contribution >= 0.6 is 0 Å². The Labute approximate surface area is 153 Å². The lowest BCUT2D eigenvalue weighted by atomic mass is 10.1. The zero-order valence-corrected chi connectivity index (χ0v) is 14.4. The molecule has 7 heteroatoms. The van der Waals surface area contributed by atoms with E-state index in [9.17, 15) is 9.18 Å². The molecule has 0 saturated carbocycles. The van der Waals surface area contributed by atoms with Crippen LogP contribution in [0.3, 0.4) is 0 Å². The van der Waals surface area contributed by atoms with E-state index in [2.05, 4.69) is 10.1 Å². The van der Waals surface area contributed by atoms with Crippen LogP contribution in [0.25, 0.3) is 22.4 Å². The molecule has 0 bridgehead atoms. The van der Waals surface area contributed by atoms with Crippen LogP contribution in [0.2, 0.25) is 0 Å². The number of aryl methyl sites for hydroxylation is 1. The number of carbonyl (C=O) groups excluding carboxylic acids is 1. The van der Waals surface area contributed by atoms with Crippen LogP contribution in [0, 0.1) is 12.7 Å². The molecule has 0 atom stereocenters. The first-order valence-electron chi connectivity index (χ1n) is 8.29. The van der Waals surface area contributed by atoms with Crippen LogP contribution in [0.1, 0.15) is 17.0 Å². The zero-order chi connectivity index (χ0) is 18.8. The van der Waals surface area contributed by atoms with E-state index in [1.807, 2.05) is 25.1 Å². The van der Waals surface area contributed by atoms with Crippen LogP contribution in [0.5, 0.6) is 0 Å². The molecule has 4 aromatic rings. The van der Waals surface area contributed by atoms with Gasteiger partial charge in [0.2, 0.25) is 5.82 Å². The lowest BCUT2D eigenvalue weighted by molar-refractivity contribution is -0.144. The Hall–Kier alpha value is -3.48. The van der Waals surface area contributed by atoms with Gasteiger partial charge in [0.05, 0.1) is 12.7 Å². The van der Waals surface area contributed by atoms with Crippen molar-refractivity contribution in [2.24, 2.45) is 0 Å². The molecule has 0 aliphatic heterocycles. The average Bonchev–Trinajstić information content (AvgIpc) is 3.28. The fraction of sp³-hybridized carbons (Fsp3) is 0.150. The van der Waals surface area contributed by atoms with Gasteiger partial charge in [0.1, 0.15) is 11.4 Å². The molecule has 0 amide bonds. The van der Waals surface area contributed by atoms with E-state index in [0.29, 0.717) is 11.4 Å². The topological polar surface area (TPSA) is 78.4 Å². The number of halogens is 1. The molecule has 136 valence electrons. The van der Waals surface area contributed by atoms with Crippen LogP contribution in [-0.4, -0.2) is 16.1 Å². The summed E-state index contributed by atoms with van der Waals surface area (Å²) in [6.07, 6.45) is 1.64. The van der Waals surface area contributed by atoms with Gasteiger partial charge < -0.3 is 13.7 Å². The highest BCUT2D eigenvalue weighted by atomic mass is 19.1. The van der Waals surface area contributed by atoms with Gasteiger partial charge in [-0.15, -0.1) is 0 Å². The quantitative estimate of drug-likeness (QED) is 0.492. The van der Waals surface area contributed by atoms with Crippen molar-refractivity contribution < 1.29 is 22.9 Å². The molecule has 2 heterocycles. The number of furan rings is 1. The maximum absolute atomic E-state index is 13.0. The van der Waals surface area contributed by atoms with Crippen LogP contribution < -0.4 is 0 Å². The molecule has 0 fully saturated rings. The number of nitrogens with zero attached hydrogens (tertiary/aromatic N) is 2. The summed E-state index contributed by atoms with van der Waals surface area (Å²) >= 11 is 0. The molecule has 2 aromatic carbocycles. The molecule has 0 spiro atoms. The first-order valence-corrected chi connectivity index (χ1v) is 8.29. The number of hydrogen-bond acceptors (Lipinski definition) is 6. The van der Waals surface area contributed by atoms with E-state index in [1.54, 1.807) is 18.4 Å². The smallest absolute Gasteiger partial charge is 0.310 e. The maximum atomic E-state index is 13.0. The van der Waals surface area contributed by atoms with Crippen molar-refractivity contribution in [2.75, 3.05) is 0 Å². The maximum Gasteiger partial charge on any atom is 0.310 e. The minimum atomic E-state index is -0.431. The first-order chi connectivity index (χ1) is 13.1. The number of rotatable bonds is 5. The Morgan fingerprint density at radius 1 is 1.19 bits per heavy atom. The number of hydrogen-bond donors (Lipinski definition) is 0. The van der Waals surface area contributed by atoms with E-state index in [1.165, 1.54) is 12.1 Å². The Kier molecular flexibility index (Phi) is 4.42. The molecule has 0 radical (unpaired) electrons. The third-order valence-electron chi connectivity index (χ3n) is 4.07. The zero-order valence-electron chi connectivity index (χ0n) is 14.4. The summed E-state index contributed by atoms with van der Waals surface area (Å²) < 4.78 is 28.7. The first kappa shape index (κ1) is 17.0. The molecular weight excluding hydrogens is 351 g/mol. The second kappa shape index (κ2) is 7.03. The summed E-state index contributed by atoms with van der Waals surface area (Å²) in [6.45, 7) is 1.84. The van der Waals surface area contributed by atoms with Crippen molar-refractivity contribution in [2.45, 2.75) is 20.0 Å². The van der Waals surface area contributed by atoms with Gasteiger partial charge in [0.15, 0.2) is 6.61 Å². The van der Waals surface area contributed by atoms with Gasteiger partial charge in [0, 0.05) is 16.5 Å². The Morgan fingerprint density at radius 3 is 2.81 bits per heavy atom. The summed E-state index contributed by atoms with van der Waals surface area (Å²) in [5, 5.41) is 4.69. The Balaban J connectivity index is 1.38. The SMILES string of the molecule is Cc1ccc2c(CC(=O)OCc3nc(-c4ccc(F)cc4)no3)coc2c1. The number of ether oxygens (including phenoxy) is 1. The molecule has 0 N–H and O–H groups in total. The van der Waals surface area contributed by atoms with E-state index in [0.717, 1.165) is 22.1 Å². The number of carbonyl (C=O) groups is 1. The fourth-order valence-electron chi connectivity index (χ4n) is 2.71.